The molecule has 0 aliphatic rings. The Hall–Kier alpha value is -1.10. The molecule has 11 heavy (non-hydrogen) atoms. The van der Waals surface area contributed by atoms with Crippen LogP contribution in [0.4, 0.5) is 0 Å². The van der Waals surface area contributed by atoms with Crippen LogP contribution in [-0.4, -0.2) is 10.8 Å². The summed E-state index contributed by atoms with van der Waals surface area (Å²) in [4.78, 5) is 25.0. The molecule has 1 aromatic rings. The van der Waals surface area contributed by atoms with Gasteiger partial charge in [0, 0.05) is 13.1 Å². The van der Waals surface area contributed by atoms with Crippen molar-refractivity contribution in [3.05, 3.63) is 21.0 Å². The Morgan fingerprint density at radius 3 is 3.00 bits per heavy atom. The van der Waals surface area contributed by atoms with Crippen LogP contribution in [-0.2, 0) is 6.54 Å². The number of thiazole rings is 1. The standard InChI is InChI=1S/C6H6N2O2S/c1-4(9)6-7-2-5(11-6)3-8-10/h2H,3H2,1H3. The Labute approximate surface area is 67.2 Å². The van der Waals surface area contributed by atoms with Gasteiger partial charge in [-0.1, -0.05) is 5.18 Å². The number of hydrogen-bond acceptors (Lipinski definition) is 5. The SMILES string of the molecule is CC(=O)c1ncc(CN=O)s1. The molecule has 0 saturated carbocycles. The van der Waals surface area contributed by atoms with Crippen molar-refractivity contribution >= 4 is 17.1 Å². The lowest BCUT2D eigenvalue weighted by Crippen LogP contribution is -1.87. The fourth-order valence-corrected chi connectivity index (χ4v) is 1.33. The average Bonchev–Trinajstić information content (AvgIpc) is 2.37. The van der Waals surface area contributed by atoms with E-state index >= 15 is 0 Å². The number of Topliss-reactive ketones (excluding diaryl/α,β-unsaturated/α-hetero) is 1. The summed E-state index contributed by atoms with van der Waals surface area (Å²) in [6.07, 6.45) is 1.50. The lowest BCUT2D eigenvalue weighted by atomic mass is 10.5. The summed E-state index contributed by atoms with van der Waals surface area (Å²) in [6, 6.07) is 0. The van der Waals surface area contributed by atoms with Gasteiger partial charge < -0.3 is 0 Å². The van der Waals surface area contributed by atoms with Crippen molar-refractivity contribution in [1.29, 1.82) is 0 Å². The van der Waals surface area contributed by atoms with Crippen LogP contribution in [0, 0.1) is 4.91 Å². The molecule has 58 valence electrons. The summed E-state index contributed by atoms with van der Waals surface area (Å²) < 4.78 is 0. The van der Waals surface area contributed by atoms with Crippen LogP contribution < -0.4 is 0 Å². The zero-order valence-corrected chi connectivity index (χ0v) is 6.72. The molecule has 0 aliphatic heterocycles. The van der Waals surface area contributed by atoms with Crippen molar-refractivity contribution < 1.29 is 4.79 Å². The highest BCUT2D eigenvalue weighted by atomic mass is 32.1. The highest BCUT2D eigenvalue weighted by molar-refractivity contribution is 7.13. The van der Waals surface area contributed by atoms with E-state index in [4.69, 9.17) is 0 Å². The lowest BCUT2D eigenvalue weighted by Gasteiger charge is -1.81. The van der Waals surface area contributed by atoms with Crippen LogP contribution in [0.1, 0.15) is 21.6 Å². The number of nitrogens with zero attached hydrogens (tertiary/aromatic N) is 2. The molecule has 0 radical (unpaired) electrons. The van der Waals surface area contributed by atoms with Crippen molar-refractivity contribution in [3.8, 4) is 0 Å². The molecule has 0 aliphatic carbocycles. The van der Waals surface area contributed by atoms with Gasteiger partial charge in [0.05, 0.1) is 4.88 Å². The maximum absolute atomic E-state index is 10.7. The molecule has 0 aromatic carbocycles. The number of hydrogen-bond donors (Lipinski definition) is 0. The Morgan fingerprint density at radius 1 is 1.82 bits per heavy atom. The van der Waals surface area contributed by atoms with Crippen LogP contribution in [0.25, 0.3) is 0 Å². The number of aromatic nitrogens is 1. The molecule has 0 unspecified atom stereocenters. The van der Waals surface area contributed by atoms with Crippen LogP contribution in [0.2, 0.25) is 0 Å². The summed E-state index contributed by atoms with van der Waals surface area (Å²) >= 11 is 1.21. The largest absolute Gasteiger partial charge is 0.292 e. The van der Waals surface area contributed by atoms with Gasteiger partial charge in [-0.15, -0.1) is 11.3 Å². The predicted molar refractivity (Wildman–Crippen MR) is 41.6 cm³/mol. The molecule has 0 saturated heterocycles. The molecule has 0 bridgehead atoms. The van der Waals surface area contributed by atoms with Crippen molar-refractivity contribution in [2.75, 3.05) is 0 Å². The van der Waals surface area contributed by atoms with E-state index in [0.29, 0.717) is 5.01 Å². The number of ketones is 1. The van der Waals surface area contributed by atoms with Gasteiger partial charge in [-0.25, -0.2) is 4.98 Å². The molecule has 0 fully saturated rings. The smallest absolute Gasteiger partial charge is 0.188 e. The lowest BCUT2D eigenvalue weighted by molar-refractivity contribution is 0.101. The molecule has 0 amide bonds. The molecular formula is C6H6N2O2S. The first kappa shape index (κ1) is 8.00. The summed E-state index contributed by atoms with van der Waals surface area (Å²) in [5, 5.41) is 3.12. The minimum atomic E-state index is -0.0767. The topological polar surface area (TPSA) is 59.4 Å². The zero-order valence-electron chi connectivity index (χ0n) is 5.90. The number of carbonyl (C=O) groups is 1. The first-order valence-electron chi connectivity index (χ1n) is 2.99. The molecule has 0 atom stereocenters. The van der Waals surface area contributed by atoms with E-state index in [-0.39, 0.29) is 12.3 Å². The van der Waals surface area contributed by atoms with Crippen LogP contribution in [0.5, 0.6) is 0 Å². The number of carbonyl (C=O) groups excluding carboxylic acids is 1. The second kappa shape index (κ2) is 3.34. The van der Waals surface area contributed by atoms with Crippen LogP contribution in [0.15, 0.2) is 11.4 Å². The third-order valence-electron chi connectivity index (χ3n) is 1.08. The Morgan fingerprint density at radius 2 is 2.55 bits per heavy atom. The molecule has 5 heteroatoms. The van der Waals surface area contributed by atoms with Gasteiger partial charge in [-0.05, 0) is 0 Å². The molecule has 0 N–H and O–H groups in total. The van der Waals surface area contributed by atoms with Gasteiger partial charge >= 0.3 is 0 Å². The fraction of sp³-hybridized carbons (Fsp3) is 0.333. The monoisotopic (exact) mass is 170 g/mol. The first-order valence-corrected chi connectivity index (χ1v) is 3.80. The second-order valence-corrected chi connectivity index (χ2v) is 3.09. The van der Waals surface area contributed by atoms with E-state index in [0.717, 1.165) is 4.88 Å². The summed E-state index contributed by atoms with van der Waals surface area (Å²) in [5.41, 5.74) is 0. The van der Waals surface area contributed by atoms with E-state index in [1.165, 1.54) is 24.5 Å². The van der Waals surface area contributed by atoms with E-state index in [1.54, 1.807) is 0 Å². The van der Waals surface area contributed by atoms with Crippen LogP contribution >= 0.6 is 11.3 Å². The van der Waals surface area contributed by atoms with Gasteiger partial charge in [0.1, 0.15) is 6.54 Å². The van der Waals surface area contributed by atoms with Crippen molar-refractivity contribution in [2.24, 2.45) is 5.18 Å². The summed E-state index contributed by atoms with van der Waals surface area (Å²) in [6.45, 7) is 1.54. The van der Waals surface area contributed by atoms with E-state index in [1.807, 2.05) is 0 Å². The van der Waals surface area contributed by atoms with E-state index in [9.17, 15) is 9.70 Å². The molecule has 0 spiro atoms. The van der Waals surface area contributed by atoms with Gasteiger partial charge in [0.25, 0.3) is 0 Å². The average molecular weight is 170 g/mol. The van der Waals surface area contributed by atoms with Gasteiger partial charge in [0.15, 0.2) is 10.8 Å². The molecule has 1 aromatic heterocycles. The summed E-state index contributed by atoms with van der Waals surface area (Å²) in [5.74, 6) is -0.0767. The quantitative estimate of drug-likeness (QED) is 0.511. The Bertz CT molecular complexity index is 282. The van der Waals surface area contributed by atoms with E-state index < -0.39 is 0 Å². The predicted octanol–water partition coefficient (Wildman–Crippen LogP) is 1.61. The summed E-state index contributed by atoms with van der Waals surface area (Å²) in [7, 11) is 0. The van der Waals surface area contributed by atoms with Crippen molar-refractivity contribution in [1.82, 2.24) is 4.98 Å². The van der Waals surface area contributed by atoms with Crippen molar-refractivity contribution in [2.45, 2.75) is 13.5 Å². The highest BCUT2D eigenvalue weighted by Gasteiger charge is 2.05. The Kier molecular flexibility index (Phi) is 2.43. The number of rotatable bonds is 3. The van der Waals surface area contributed by atoms with Gasteiger partial charge in [-0.2, -0.15) is 4.91 Å². The van der Waals surface area contributed by atoms with Crippen molar-refractivity contribution in [3.63, 3.8) is 0 Å². The van der Waals surface area contributed by atoms with Gasteiger partial charge in [-0.3, -0.25) is 4.79 Å². The maximum Gasteiger partial charge on any atom is 0.188 e. The minimum absolute atomic E-state index is 0.0767. The third-order valence-corrected chi connectivity index (χ3v) is 2.16. The van der Waals surface area contributed by atoms with Gasteiger partial charge in [0.2, 0.25) is 0 Å². The maximum atomic E-state index is 10.7. The molecule has 1 heterocycles. The number of nitroso groups, excluding NO2 is 1. The zero-order chi connectivity index (χ0) is 8.27. The Balaban J connectivity index is 2.81. The van der Waals surface area contributed by atoms with E-state index in [2.05, 4.69) is 10.2 Å². The highest BCUT2D eigenvalue weighted by Crippen LogP contribution is 2.13. The molecular weight excluding hydrogens is 164 g/mol. The normalized spacial score (nSPS) is 9.55. The molecule has 4 nitrogen and oxygen atoms in total. The first-order chi connectivity index (χ1) is 5.24. The fourth-order valence-electron chi connectivity index (χ4n) is 0.607. The second-order valence-electron chi connectivity index (χ2n) is 1.98. The molecule has 1 rings (SSSR count). The minimum Gasteiger partial charge on any atom is -0.292 e. The van der Waals surface area contributed by atoms with Crippen LogP contribution in [0.3, 0.4) is 0 Å². The third kappa shape index (κ3) is 1.91.